The Morgan fingerprint density at radius 2 is 2.00 bits per heavy atom. The highest BCUT2D eigenvalue weighted by molar-refractivity contribution is 6.04. The number of anilines is 1. The molecule has 1 aromatic carbocycles. The average Bonchev–Trinajstić information content (AvgIpc) is 3.55. The van der Waals surface area contributed by atoms with E-state index < -0.39 is 18.5 Å². The topological polar surface area (TPSA) is 113 Å². The van der Waals surface area contributed by atoms with Gasteiger partial charge in [0, 0.05) is 17.7 Å². The van der Waals surface area contributed by atoms with E-state index in [1.54, 1.807) is 31.2 Å². The number of pyridine rings is 1. The zero-order chi connectivity index (χ0) is 21.3. The molecule has 9 heteroatoms. The second kappa shape index (κ2) is 8.02. The Labute approximate surface area is 172 Å². The summed E-state index contributed by atoms with van der Waals surface area (Å²) >= 11 is 0. The Morgan fingerprint density at radius 3 is 2.70 bits per heavy atom. The predicted molar refractivity (Wildman–Crippen MR) is 107 cm³/mol. The molecule has 0 spiro atoms. The molecule has 156 valence electrons. The molecule has 1 fully saturated rings. The summed E-state index contributed by atoms with van der Waals surface area (Å²) in [6, 6.07) is 6.68. The van der Waals surface area contributed by atoms with Gasteiger partial charge in [0.15, 0.2) is 6.61 Å². The van der Waals surface area contributed by atoms with E-state index in [1.165, 1.54) is 14.2 Å². The lowest BCUT2D eigenvalue weighted by atomic mass is 10.1. The molecule has 1 aliphatic carbocycles. The number of nitrogens with one attached hydrogen (secondary N) is 1. The highest BCUT2D eigenvalue weighted by Gasteiger charge is 2.29. The van der Waals surface area contributed by atoms with Crippen LogP contribution >= 0.6 is 0 Å². The Hall–Kier alpha value is -3.62. The lowest BCUT2D eigenvalue weighted by molar-refractivity contribution is -0.119. The number of fused-ring (bicyclic) bond motifs is 1. The van der Waals surface area contributed by atoms with Crippen LogP contribution in [0.25, 0.3) is 11.1 Å². The highest BCUT2D eigenvalue weighted by atomic mass is 16.5. The van der Waals surface area contributed by atoms with Crippen LogP contribution < -0.4 is 14.8 Å². The van der Waals surface area contributed by atoms with Crippen LogP contribution in [0.4, 0.5) is 5.69 Å². The van der Waals surface area contributed by atoms with Gasteiger partial charge in [-0.3, -0.25) is 4.79 Å². The van der Waals surface area contributed by atoms with E-state index in [9.17, 15) is 9.59 Å². The van der Waals surface area contributed by atoms with Crippen LogP contribution in [0, 0.1) is 6.92 Å². The summed E-state index contributed by atoms with van der Waals surface area (Å²) in [5.41, 5.74) is 2.36. The van der Waals surface area contributed by atoms with Gasteiger partial charge in [0.1, 0.15) is 11.5 Å². The molecule has 0 saturated heterocycles. The maximum atomic E-state index is 12.7. The zero-order valence-electron chi connectivity index (χ0n) is 16.9. The number of nitrogens with zero attached hydrogens (tertiary/aromatic N) is 2. The number of hydrogen-bond donors (Lipinski definition) is 1. The number of amides is 1. The first-order chi connectivity index (χ1) is 14.5. The van der Waals surface area contributed by atoms with Gasteiger partial charge in [0.05, 0.1) is 36.6 Å². The van der Waals surface area contributed by atoms with E-state index in [0.717, 1.165) is 18.5 Å². The van der Waals surface area contributed by atoms with E-state index in [4.69, 9.17) is 18.7 Å². The minimum Gasteiger partial charge on any atom is -0.497 e. The molecule has 30 heavy (non-hydrogen) atoms. The number of ether oxygens (including phenoxy) is 3. The Bertz CT molecular complexity index is 1120. The molecule has 1 aliphatic rings. The third-order valence-electron chi connectivity index (χ3n) is 4.87. The molecule has 0 atom stereocenters. The molecule has 2 aromatic heterocycles. The smallest absolute Gasteiger partial charge is 0.339 e. The Kier molecular flexibility index (Phi) is 5.26. The SMILES string of the molecule is COc1ccc(NC(=O)COC(=O)c2cc(C3CC3)nc3onc(C)c23)c(OC)c1. The molecular formula is C21H21N3O6. The number of aromatic nitrogens is 2. The van der Waals surface area contributed by atoms with Crippen molar-refractivity contribution in [2.24, 2.45) is 0 Å². The number of carbonyl (C=O) groups excluding carboxylic acids is 2. The highest BCUT2D eigenvalue weighted by Crippen LogP contribution is 2.40. The van der Waals surface area contributed by atoms with Crippen molar-refractivity contribution in [2.75, 3.05) is 26.1 Å². The van der Waals surface area contributed by atoms with Crippen molar-refractivity contribution in [1.29, 1.82) is 0 Å². The molecule has 1 amide bonds. The van der Waals surface area contributed by atoms with Crippen LogP contribution in [0.5, 0.6) is 11.5 Å². The normalized spacial score (nSPS) is 13.2. The monoisotopic (exact) mass is 411 g/mol. The van der Waals surface area contributed by atoms with Gasteiger partial charge in [-0.2, -0.15) is 0 Å². The van der Waals surface area contributed by atoms with Crippen molar-refractivity contribution in [2.45, 2.75) is 25.7 Å². The lowest BCUT2D eigenvalue weighted by Crippen LogP contribution is -2.21. The van der Waals surface area contributed by atoms with Gasteiger partial charge in [0.25, 0.3) is 11.6 Å². The third-order valence-corrected chi connectivity index (χ3v) is 4.87. The maximum absolute atomic E-state index is 12.7. The third kappa shape index (κ3) is 3.91. The van der Waals surface area contributed by atoms with Gasteiger partial charge in [0.2, 0.25) is 0 Å². The van der Waals surface area contributed by atoms with Gasteiger partial charge in [-0.1, -0.05) is 5.16 Å². The van der Waals surface area contributed by atoms with Crippen LogP contribution in [-0.2, 0) is 9.53 Å². The van der Waals surface area contributed by atoms with Crippen LogP contribution in [0.15, 0.2) is 28.8 Å². The minimum absolute atomic E-state index is 0.301. The average molecular weight is 411 g/mol. The number of methoxy groups -OCH3 is 2. The van der Waals surface area contributed by atoms with Crippen molar-refractivity contribution in [3.63, 3.8) is 0 Å². The summed E-state index contributed by atoms with van der Waals surface area (Å²) in [6.07, 6.45) is 2.04. The molecule has 0 unspecified atom stereocenters. The quantitative estimate of drug-likeness (QED) is 0.590. The van der Waals surface area contributed by atoms with Gasteiger partial charge in [-0.15, -0.1) is 0 Å². The number of carbonyl (C=O) groups is 2. The first-order valence-electron chi connectivity index (χ1n) is 9.46. The van der Waals surface area contributed by atoms with Crippen LogP contribution in [0.2, 0.25) is 0 Å². The summed E-state index contributed by atoms with van der Waals surface area (Å²) in [6.45, 7) is 1.27. The van der Waals surface area contributed by atoms with Crippen LogP contribution in [0.3, 0.4) is 0 Å². The zero-order valence-corrected chi connectivity index (χ0v) is 16.9. The molecular weight excluding hydrogens is 390 g/mol. The first-order valence-corrected chi connectivity index (χ1v) is 9.46. The molecule has 4 rings (SSSR count). The summed E-state index contributed by atoms with van der Waals surface area (Å²) in [5, 5.41) is 7.06. The summed E-state index contributed by atoms with van der Waals surface area (Å²) in [4.78, 5) is 29.5. The molecule has 1 saturated carbocycles. The number of aryl methyl sites for hydroxylation is 1. The summed E-state index contributed by atoms with van der Waals surface area (Å²) in [5.74, 6) is 0.207. The fourth-order valence-electron chi connectivity index (χ4n) is 3.16. The second-order valence-electron chi connectivity index (χ2n) is 7.01. The lowest BCUT2D eigenvalue weighted by Gasteiger charge is -2.12. The maximum Gasteiger partial charge on any atom is 0.339 e. The molecule has 2 heterocycles. The Morgan fingerprint density at radius 1 is 1.20 bits per heavy atom. The fourth-order valence-corrected chi connectivity index (χ4v) is 3.16. The standard InChI is InChI=1S/C21H21N3O6/c1-11-19-14(9-16(12-4-5-12)23-20(19)30-24-11)21(26)29-10-18(25)22-15-7-6-13(27-2)8-17(15)28-3/h6-9,12H,4-5,10H2,1-3H3,(H,22,25). The second-order valence-corrected chi connectivity index (χ2v) is 7.01. The van der Waals surface area contributed by atoms with Crippen molar-refractivity contribution in [3.05, 3.63) is 41.2 Å². The first kappa shape index (κ1) is 19.7. The molecule has 3 aromatic rings. The molecule has 0 aliphatic heterocycles. The Balaban J connectivity index is 1.47. The number of hydrogen-bond acceptors (Lipinski definition) is 8. The number of esters is 1. The van der Waals surface area contributed by atoms with Gasteiger partial charge < -0.3 is 24.1 Å². The van der Waals surface area contributed by atoms with Crippen molar-refractivity contribution in [1.82, 2.24) is 10.1 Å². The van der Waals surface area contributed by atoms with E-state index in [2.05, 4.69) is 15.5 Å². The van der Waals surface area contributed by atoms with Gasteiger partial charge >= 0.3 is 5.97 Å². The predicted octanol–water partition coefficient (Wildman–Crippen LogP) is 3.22. The van der Waals surface area contributed by atoms with E-state index in [1.807, 2.05) is 0 Å². The van der Waals surface area contributed by atoms with Crippen molar-refractivity contribution < 1.29 is 28.3 Å². The number of rotatable bonds is 7. The van der Waals surface area contributed by atoms with E-state index >= 15 is 0 Å². The molecule has 0 radical (unpaired) electrons. The van der Waals surface area contributed by atoms with Gasteiger partial charge in [-0.25, -0.2) is 9.78 Å². The minimum atomic E-state index is -0.632. The van der Waals surface area contributed by atoms with Crippen molar-refractivity contribution >= 4 is 28.7 Å². The van der Waals surface area contributed by atoms with Gasteiger partial charge in [-0.05, 0) is 38.0 Å². The van der Waals surface area contributed by atoms with Crippen molar-refractivity contribution in [3.8, 4) is 11.5 Å². The fraction of sp³-hybridized carbons (Fsp3) is 0.333. The van der Waals surface area contributed by atoms with Crippen LogP contribution in [-0.4, -0.2) is 42.8 Å². The molecule has 1 N–H and O–H groups in total. The molecule has 0 bridgehead atoms. The van der Waals surface area contributed by atoms with Crippen LogP contribution in [0.1, 0.15) is 40.5 Å². The van der Waals surface area contributed by atoms with E-state index in [0.29, 0.717) is 45.5 Å². The number of benzene rings is 1. The van der Waals surface area contributed by atoms with E-state index in [-0.39, 0.29) is 0 Å². The largest absolute Gasteiger partial charge is 0.497 e. The molecule has 9 nitrogen and oxygen atoms in total. The summed E-state index contributed by atoms with van der Waals surface area (Å²) in [7, 11) is 3.02. The summed E-state index contributed by atoms with van der Waals surface area (Å²) < 4.78 is 20.9.